The topological polar surface area (TPSA) is 26.0 Å². The lowest BCUT2D eigenvalue weighted by molar-refractivity contribution is 1.28. The summed E-state index contributed by atoms with van der Waals surface area (Å²) in [5, 5.41) is 0. The molecule has 0 aromatic carbocycles. The molecule has 1 aromatic rings. The second-order valence-electron chi connectivity index (χ2n) is 2.22. The van der Waals surface area contributed by atoms with E-state index in [0.29, 0.717) is 6.54 Å². The maximum atomic E-state index is 5.42. The second kappa shape index (κ2) is 2.99. The Morgan fingerprint density at radius 1 is 1.70 bits per heavy atom. The average Bonchev–Trinajstić information content (AvgIpc) is 2.34. The van der Waals surface area contributed by atoms with E-state index in [9.17, 15) is 0 Å². The molecule has 0 saturated heterocycles. The van der Waals surface area contributed by atoms with Crippen molar-refractivity contribution in [3.05, 3.63) is 28.5 Å². The van der Waals surface area contributed by atoms with Crippen LogP contribution in [0, 0.1) is 6.92 Å². The molecule has 0 unspecified atom stereocenters. The summed E-state index contributed by atoms with van der Waals surface area (Å²) in [5.74, 6) is 0. The molecule has 1 rings (SSSR count). The van der Waals surface area contributed by atoms with Crippen molar-refractivity contribution < 1.29 is 0 Å². The van der Waals surface area contributed by atoms with Gasteiger partial charge in [0.05, 0.1) is 0 Å². The Bertz CT molecular complexity index is 237. The molecule has 0 amide bonds. The maximum absolute atomic E-state index is 5.42. The summed E-state index contributed by atoms with van der Waals surface area (Å²) in [6, 6.07) is 4.15. The Balaban J connectivity index is 2.85. The summed E-state index contributed by atoms with van der Waals surface area (Å²) in [6.45, 7) is 6.48. The average molecular weight is 153 g/mol. The van der Waals surface area contributed by atoms with Crippen molar-refractivity contribution in [3.8, 4) is 0 Å². The number of hydrogen-bond acceptors (Lipinski definition) is 2. The molecular weight excluding hydrogens is 142 g/mol. The van der Waals surface area contributed by atoms with Crippen molar-refractivity contribution in [2.24, 2.45) is 5.73 Å². The van der Waals surface area contributed by atoms with Crippen LogP contribution in [0.2, 0.25) is 0 Å². The molecule has 1 heterocycles. The van der Waals surface area contributed by atoms with E-state index in [2.05, 4.69) is 25.6 Å². The van der Waals surface area contributed by atoms with E-state index in [-0.39, 0.29) is 0 Å². The first-order chi connectivity index (χ1) is 4.74. The third-order valence-corrected chi connectivity index (χ3v) is 2.44. The fourth-order valence-corrected chi connectivity index (χ4v) is 1.57. The van der Waals surface area contributed by atoms with Crippen molar-refractivity contribution in [2.45, 2.75) is 6.92 Å². The molecule has 1 nitrogen and oxygen atoms in total. The summed E-state index contributed by atoms with van der Waals surface area (Å²) >= 11 is 1.74. The summed E-state index contributed by atoms with van der Waals surface area (Å²) < 4.78 is 0. The Morgan fingerprint density at radius 2 is 2.40 bits per heavy atom. The molecule has 0 aliphatic carbocycles. The minimum absolute atomic E-state index is 0.556. The zero-order valence-electron chi connectivity index (χ0n) is 6.05. The van der Waals surface area contributed by atoms with Crippen molar-refractivity contribution in [1.29, 1.82) is 0 Å². The smallest absolute Gasteiger partial charge is 0.0312 e. The van der Waals surface area contributed by atoms with Crippen molar-refractivity contribution in [2.75, 3.05) is 6.54 Å². The van der Waals surface area contributed by atoms with Gasteiger partial charge in [0.25, 0.3) is 0 Å². The van der Waals surface area contributed by atoms with Gasteiger partial charge in [-0.1, -0.05) is 6.58 Å². The Kier molecular flexibility index (Phi) is 2.25. The summed E-state index contributed by atoms with van der Waals surface area (Å²) in [7, 11) is 0. The van der Waals surface area contributed by atoms with Gasteiger partial charge in [0.2, 0.25) is 0 Å². The molecule has 1 aromatic heterocycles. The zero-order chi connectivity index (χ0) is 7.56. The lowest BCUT2D eigenvalue weighted by Gasteiger charge is -1.94. The Labute approximate surface area is 65.2 Å². The minimum Gasteiger partial charge on any atom is -0.326 e. The summed E-state index contributed by atoms with van der Waals surface area (Å²) in [5.41, 5.74) is 6.45. The van der Waals surface area contributed by atoms with Gasteiger partial charge in [0.15, 0.2) is 0 Å². The van der Waals surface area contributed by atoms with Gasteiger partial charge in [-0.05, 0) is 24.6 Å². The molecule has 10 heavy (non-hydrogen) atoms. The van der Waals surface area contributed by atoms with E-state index in [1.807, 2.05) is 0 Å². The van der Waals surface area contributed by atoms with Gasteiger partial charge < -0.3 is 5.73 Å². The molecule has 0 aliphatic rings. The summed E-state index contributed by atoms with van der Waals surface area (Å²) in [4.78, 5) is 2.52. The predicted molar refractivity (Wildman–Crippen MR) is 47.1 cm³/mol. The Hall–Kier alpha value is -0.600. The highest BCUT2D eigenvalue weighted by molar-refractivity contribution is 7.13. The molecule has 0 bridgehead atoms. The van der Waals surface area contributed by atoms with Crippen molar-refractivity contribution in [3.63, 3.8) is 0 Å². The van der Waals surface area contributed by atoms with Crippen LogP contribution in [-0.2, 0) is 0 Å². The molecule has 2 N–H and O–H groups in total. The fourth-order valence-electron chi connectivity index (χ4n) is 0.725. The molecular formula is C8H11NS. The van der Waals surface area contributed by atoms with Gasteiger partial charge in [-0.15, -0.1) is 11.3 Å². The van der Waals surface area contributed by atoms with E-state index in [1.54, 1.807) is 11.3 Å². The predicted octanol–water partition coefficient (Wildman–Crippen LogP) is 2.03. The van der Waals surface area contributed by atoms with E-state index in [4.69, 9.17) is 5.73 Å². The van der Waals surface area contributed by atoms with E-state index in [0.717, 1.165) is 5.57 Å². The van der Waals surface area contributed by atoms with Crippen molar-refractivity contribution >= 4 is 16.9 Å². The van der Waals surface area contributed by atoms with Crippen LogP contribution in [0.15, 0.2) is 18.7 Å². The van der Waals surface area contributed by atoms with Crippen LogP contribution < -0.4 is 5.73 Å². The van der Waals surface area contributed by atoms with Gasteiger partial charge in [0, 0.05) is 16.3 Å². The fraction of sp³-hybridized carbons (Fsp3) is 0.250. The largest absolute Gasteiger partial charge is 0.326 e. The minimum atomic E-state index is 0.556. The highest BCUT2D eigenvalue weighted by Gasteiger charge is 1.97. The zero-order valence-corrected chi connectivity index (χ0v) is 6.87. The van der Waals surface area contributed by atoms with Crippen LogP contribution in [0.4, 0.5) is 0 Å². The van der Waals surface area contributed by atoms with E-state index < -0.39 is 0 Å². The molecule has 0 atom stereocenters. The number of nitrogens with two attached hydrogens (primary N) is 1. The quantitative estimate of drug-likeness (QED) is 0.691. The monoisotopic (exact) mass is 153 g/mol. The van der Waals surface area contributed by atoms with Gasteiger partial charge in [0.1, 0.15) is 0 Å². The number of aryl methyl sites for hydroxylation is 1. The van der Waals surface area contributed by atoms with Gasteiger partial charge >= 0.3 is 0 Å². The van der Waals surface area contributed by atoms with Crippen LogP contribution in [0.3, 0.4) is 0 Å². The summed E-state index contributed by atoms with van der Waals surface area (Å²) in [6.07, 6.45) is 0. The second-order valence-corrected chi connectivity index (χ2v) is 3.51. The Morgan fingerprint density at radius 3 is 2.80 bits per heavy atom. The van der Waals surface area contributed by atoms with Crippen LogP contribution in [0.5, 0.6) is 0 Å². The number of thiophene rings is 1. The van der Waals surface area contributed by atoms with Gasteiger partial charge in [-0.3, -0.25) is 0 Å². The van der Waals surface area contributed by atoms with E-state index >= 15 is 0 Å². The SMILES string of the molecule is C=C(CN)c1ccc(C)s1. The molecule has 0 spiro atoms. The van der Waals surface area contributed by atoms with Crippen LogP contribution >= 0.6 is 11.3 Å². The molecule has 0 aliphatic heterocycles. The third-order valence-electron chi connectivity index (χ3n) is 1.34. The normalized spacial score (nSPS) is 9.80. The first kappa shape index (κ1) is 7.51. The molecule has 54 valence electrons. The van der Waals surface area contributed by atoms with Crippen molar-refractivity contribution in [1.82, 2.24) is 0 Å². The lowest BCUT2D eigenvalue weighted by Crippen LogP contribution is -1.98. The van der Waals surface area contributed by atoms with Crippen LogP contribution in [0.1, 0.15) is 9.75 Å². The first-order valence-corrected chi connectivity index (χ1v) is 4.00. The number of rotatable bonds is 2. The highest BCUT2D eigenvalue weighted by atomic mass is 32.1. The lowest BCUT2D eigenvalue weighted by atomic mass is 10.2. The maximum Gasteiger partial charge on any atom is 0.0312 e. The highest BCUT2D eigenvalue weighted by Crippen LogP contribution is 2.21. The van der Waals surface area contributed by atoms with Crippen LogP contribution in [-0.4, -0.2) is 6.54 Å². The third kappa shape index (κ3) is 1.46. The van der Waals surface area contributed by atoms with Gasteiger partial charge in [-0.25, -0.2) is 0 Å². The first-order valence-electron chi connectivity index (χ1n) is 3.18. The number of hydrogen-bond donors (Lipinski definition) is 1. The van der Waals surface area contributed by atoms with Crippen LogP contribution in [0.25, 0.3) is 5.57 Å². The van der Waals surface area contributed by atoms with E-state index in [1.165, 1.54) is 9.75 Å². The molecule has 0 saturated carbocycles. The molecule has 2 heteroatoms. The van der Waals surface area contributed by atoms with Gasteiger partial charge in [-0.2, -0.15) is 0 Å². The molecule has 0 fully saturated rings. The standard InChI is InChI=1S/C8H11NS/c1-6(5-9)8-4-3-7(2)10-8/h3-4H,1,5,9H2,2H3. The molecule has 0 radical (unpaired) electrons.